The highest BCUT2D eigenvalue weighted by Gasteiger charge is 2.34. The molecule has 0 heterocycles. The summed E-state index contributed by atoms with van der Waals surface area (Å²) in [6.07, 6.45) is 0. The van der Waals surface area contributed by atoms with Crippen molar-refractivity contribution in [1.29, 1.82) is 0 Å². The van der Waals surface area contributed by atoms with Crippen molar-refractivity contribution in [3.63, 3.8) is 0 Å². The molecule has 116 heavy (non-hydrogen) atoms. The van der Waals surface area contributed by atoms with Crippen LogP contribution in [0.15, 0.2) is 473 Å². The second kappa shape index (κ2) is 31.1. The van der Waals surface area contributed by atoms with Gasteiger partial charge < -0.3 is 19.6 Å². The molecule has 0 aromatic heterocycles. The lowest BCUT2D eigenvalue weighted by Gasteiger charge is -2.37. The summed E-state index contributed by atoms with van der Waals surface area (Å²) in [7, 11) is 0. The molecule has 0 saturated heterocycles. The van der Waals surface area contributed by atoms with E-state index in [1.54, 1.807) is 0 Å². The fraction of sp³-hybridized carbons (Fsp3) is 0. The minimum absolute atomic E-state index is 0.987. The Morgan fingerprint density at radius 2 is 0.224 bits per heavy atom. The summed E-state index contributed by atoms with van der Waals surface area (Å²) < 4.78 is 0. The first-order valence-electron chi connectivity index (χ1n) is 39.8. The lowest BCUT2D eigenvalue weighted by molar-refractivity contribution is 1.26. The fourth-order valence-corrected chi connectivity index (χ4v) is 17.5. The standard InChI is InChI=1S/C112H78N4/c1-9-41-79(42-10-1)87-57-25-33-65-99(87)113(100-66-34-26-58-88(100)80-43-11-2-12-44-80)107-77-108(114(101-67-35-27-59-89(101)81-45-13-3-14-46-81)102-68-36-28-60-90(102)82-47-15-4-16-48-82)96-75-76-98-110(116(105-71-39-31-63-93(105)85-53-21-7-22-54-85)106-72-40-32-64-94(106)86-55-23-8-24-56-86)78-109(97-74-73-95(107)111(96)112(97)98)115(103-69-37-29-61-91(103)83-49-17-5-18-50-83)104-70-38-30-62-92(104)84-51-19-6-20-52-84/h1-78H. The van der Waals surface area contributed by atoms with Gasteiger partial charge in [-0.15, -0.1) is 0 Å². The van der Waals surface area contributed by atoms with Crippen LogP contribution in [0.1, 0.15) is 0 Å². The smallest absolute Gasteiger partial charge is 0.0562 e. The maximum absolute atomic E-state index is 2.59. The highest BCUT2D eigenvalue weighted by atomic mass is 15.2. The Labute approximate surface area is 677 Å². The normalized spacial score (nSPS) is 11.3. The summed E-state index contributed by atoms with van der Waals surface area (Å²) in [5.41, 5.74) is 29.6. The number of anilines is 12. The van der Waals surface area contributed by atoms with Gasteiger partial charge in [-0.25, -0.2) is 0 Å². The van der Waals surface area contributed by atoms with E-state index in [-0.39, 0.29) is 0 Å². The Morgan fingerprint density at radius 1 is 0.103 bits per heavy atom. The van der Waals surface area contributed by atoms with Gasteiger partial charge in [0.1, 0.15) is 0 Å². The minimum atomic E-state index is 0.987. The van der Waals surface area contributed by atoms with Crippen LogP contribution in [0.5, 0.6) is 0 Å². The lowest BCUT2D eigenvalue weighted by atomic mass is 9.87. The molecule has 0 saturated carbocycles. The first kappa shape index (κ1) is 69.8. The van der Waals surface area contributed by atoms with Crippen LogP contribution in [0.4, 0.5) is 68.2 Å². The van der Waals surface area contributed by atoms with Crippen molar-refractivity contribution >= 4 is 101 Å². The molecule has 4 heteroatoms. The van der Waals surface area contributed by atoms with Gasteiger partial charge in [-0.2, -0.15) is 0 Å². The third-order valence-corrected chi connectivity index (χ3v) is 22.6. The van der Waals surface area contributed by atoms with Crippen molar-refractivity contribution in [2.75, 3.05) is 19.6 Å². The molecule has 0 aliphatic rings. The van der Waals surface area contributed by atoms with Gasteiger partial charge >= 0.3 is 0 Å². The molecule has 20 aromatic carbocycles. The lowest BCUT2D eigenvalue weighted by Crippen LogP contribution is -2.18. The molecule has 0 bridgehead atoms. The minimum Gasteiger partial charge on any atom is -0.309 e. The highest BCUT2D eigenvalue weighted by molar-refractivity contribution is 6.34. The van der Waals surface area contributed by atoms with Crippen LogP contribution in [-0.4, -0.2) is 0 Å². The van der Waals surface area contributed by atoms with E-state index < -0.39 is 0 Å². The number of hydrogen-bond acceptors (Lipinski definition) is 4. The zero-order chi connectivity index (χ0) is 77.1. The maximum atomic E-state index is 2.59. The Hall–Kier alpha value is -15.4. The topological polar surface area (TPSA) is 13.0 Å². The van der Waals surface area contributed by atoms with Crippen molar-refractivity contribution in [2.24, 2.45) is 0 Å². The van der Waals surface area contributed by atoms with Crippen LogP contribution in [0, 0.1) is 0 Å². The quantitative estimate of drug-likeness (QED) is 0.0705. The third kappa shape index (κ3) is 12.8. The molecule has 0 unspecified atom stereocenters. The average Bonchev–Trinajstić information content (AvgIpc) is 0.694. The summed E-state index contributed by atoms with van der Waals surface area (Å²) in [6, 6.07) is 174. The van der Waals surface area contributed by atoms with Gasteiger partial charge in [0, 0.05) is 76.8 Å². The van der Waals surface area contributed by atoms with E-state index in [1.165, 1.54) is 0 Å². The Morgan fingerprint density at radius 3 is 0.362 bits per heavy atom. The molecule has 0 radical (unpaired) electrons. The zero-order valence-electron chi connectivity index (χ0n) is 63.8. The summed E-state index contributed by atoms with van der Waals surface area (Å²) in [6.45, 7) is 0. The van der Waals surface area contributed by atoms with E-state index in [0.29, 0.717) is 0 Å². The van der Waals surface area contributed by atoms with Crippen molar-refractivity contribution < 1.29 is 0 Å². The summed E-state index contributed by atoms with van der Waals surface area (Å²) in [5.74, 6) is 0. The van der Waals surface area contributed by atoms with E-state index in [2.05, 4.69) is 493 Å². The summed E-state index contributed by atoms with van der Waals surface area (Å²) >= 11 is 0. The number of rotatable bonds is 20. The Bertz CT molecular complexity index is 5720. The van der Waals surface area contributed by atoms with Crippen LogP contribution in [0.3, 0.4) is 0 Å². The van der Waals surface area contributed by atoms with Crippen LogP contribution in [-0.2, 0) is 0 Å². The number of hydrogen-bond donors (Lipinski definition) is 0. The molecule has 0 aliphatic heterocycles. The first-order valence-corrected chi connectivity index (χ1v) is 39.8. The fourth-order valence-electron chi connectivity index (χ4n) is 17.5. The van der Waals surface area contributed by atoms with Crippen LogP contribution in [0.25, 0.3) is 121 Å². The molecule has 546 valence electrons. The van der Waals surface area contributed by atoms with Crippen LogP contribution < -0.4 is 19.6 Å². The molecule has 20 rings (SSSR count). The third-order valence-electron chi connectivity index (χ3n) is 22.6. The Kier molecular flexibility index (Phi) is 18.7. The van der Waals surface area contributed by atoms with Crippen molar-refractivity contribution in [3.8, 4) is 89.0 Å². The molecule has 0 fully saturated rings. The molecular formula is C112H78N4. The maximum Gasteiger partial charge on any atom is 0.0562 e. The van der Waals surface area contributed by atoms with Crippen molar-refractivity contribution in [3.05, 3.63) is 473 Å². The molecule has 0 atom stereocenters. The van der Waals surface area contributed by atoms with E-state index in [4.69, 9.17) is 0 Å². The zero-order valence-corrected chi connectivity index (χ0v) is 63.8. The van der Waals surface area contributed by atoms with Crippen LogP contribution >= 0.6 is 0 Å². The predicted octanol–water partition coefficient (Wildman–Crippen LogP) is 31.8. The van der Waals surface area contributed by atoms with Gasteiger partial charge in [0.05, 0.1) is 68.2 Å². The van der Waals surface area contributed by atoms with Gasteiger partial charge in [0.25, 0.3) is 0 Å². The largest absolute Gasteiger partial charge is 0.309 e. The van der Waals surface area contributed by atoms with Gasteiger partial charge in [-0.05, 0) is 105 Å². The summed E-state index contributed by atoms with van der Waals surface area (Å²) in [5, 5.41) is 6.43. The van der Waals surface area contributed by atoms with E-state index in [0.717, 1.165) is 190 Å². The van der Waals surface area contributed by atoms with E-state index in [1.807, 2.05) is 0 Å². The van der Waals surface area contributed by atoms with Crippen LogP contribution in [0.2, 0.25) is 0 Å². The van der Waals surface area contributed by atoms with Gasteiger partial charge in [0.15, 0.2) is 0 Å². The van der Waals surface area contributed by atoms with Gasteiger partial charge in [-0.3, -0.25) is 0 Å². The average molecular weight is 1480 g/mol. The molecule has 20 aromatic rings. The monoisotopic (exact) mass is 1480 g/mol. The van der Waals surface area contributed by atoms with Crippen molar-refractivity contribution in [2.45, 2.75) is 0 Å². The van der Waals surface area contributed by atoms with Gasteiger partial charge in [-0.1, -0.05) is 413 Å². The molecular weight excluding hydrogens is 1400 g/mol. The second-order valence-electron chi connectivity index (χ2n) is 29.3. The SMILES string of the molecule is c1ccc(-c2ccccc2N(c2ccccc2-c2ccccc2)c2cc(N(c3ccccc3-c3ccccc3)c3ccccc3-c3ccccc3)c3ccc4c(N(c5ccccc5-c5ccccc5)c5ccccc5-c5ccccc5)cc(N(c5ccccc5-c5ccccc5)c5ccccc5-c5ccccc5)c5ccc2c3c54)cc1. The molecule has 0 aliphatic carbocycles. The number of benzene rings is 20. The first-order chi connectivity index (χ1) is 57.7. The molecule has 0 amide bonds. The second-order valence-corrected chi connectivity index (χ2v) is 29.3. The molecule has 4 nitrogen and oxygen atoms in total. The predicted molar refractivity (Wildman–Crippen MR) is 492 cm³/mol. The summed E-state index contributed by atoms with van der Waals surface area (Å²) in [4.78, 5) is 10.3. The molecule has 0 spiro atoms. The van der Waals surface area contributed by atoms with E-state index >= 15 is 0 Å². The van der Waals surface area contributed by atoms with Crippen molar-refractivity contribution in [1.82, 2.24) is 0 Å². The Balaban J connectivity index is 1.03. The van der Waals surface area contributed by atoms with Gasteiger partial charge in [0.2, 0.25) is 0 Å². The number of para-hydroxylation sites is 8. The van der Waals surface area contributed by atoms with E-state index in [9.17, 15) is 0 Å². The molecule has 0 N–H and O–H groups in total. The number of nitrogens with zero attached hydrogens (tertiary/aromatic N) is 4. The highest BCUT2D eigenvalue weighted by Crippen LogP contribution is 2.60.